The monoisotopic (exact) mass is 495 g/mol. The molecule has 0 atom stereocenters. The number of nitrogens with zero attached hydrogens (tertiary/aromatic N) is 4. The maximum Gasteiger partial charge on any atom is 0.193 e. The van der Waals surface area contributed by atoms with Crippen LogP contribution in [0.3, 0.4) is 0 Å². The largest absolute Gasteiger partial charge is 0.505 e. The van der Waals surface area contributed by atoms with E-state index in [-0.39, 0.29) is 29.7 Å². The van der Waals surface area contributed by atoms with Crippen molar-refractivity contribution >= 4 is 29.9 Å². The molecule has 0 fully saturated rings. The molecule has 8 heteroatoms. The highest BCUT2D eigenvalue weighted by Crippen LogP contribution is 2.16. The van der Waals surface area contributed by atoms with Crippen LogP contribution in [-0.4, -0.2) is 39.8 Å². The van der Waals surface area contributed by atoms with Crippen LogP contribution >= 0.6 is 24.0 Å². The van der Waals surface area contributed by atoms with Gasteiger partial charge in [-0.05, 0) is 29.8 Å². The van der Waals surface area contributed by atoms with Gasteiger partial charge in [0.15, 0.2) is 17.5 Å². The van der Waals surface area contributed by atoms with Gasteiger partial charge >= 0.3 is 0 Å². The Morgan fingerprint density at radius 2 is 1.96 bits per heavy atom. The maximum atomic E-state index is 13.4. The number of nitrogens with one attached hydrogen (secondary N) is 1. The van der Waals surface area contributed by atoms with E-state index in [2.05, 4.69) is 15.4 Å². The van der Waals surface area contributed by atoms with Crippen LogP contribution < -0.4 is 5.32 Å². The molecule has 0 unspecified atom stereocenters. The van der Waals surface area contributed by atoms with Crippen LogP contribution in [0.15, 0.2) is 65.9 Å². The SMILES string of the molecule is CN=C(NCc1ccc(O)c(F)c1)N(C)Cc1cnn(-c2ccccc2)c1.I. The molecule has 1 aromatic heterocycles. The Hall–Kier alpha value is -2.62. The van der Waals surface area contributed by atoms with E-state index in [0.717, 1.165) is 16.8 Å². The third-order valence-electron chi connectivity index (χ3n) is 4.11. The lowest BCUT2D eigenvalue weighted by Gasteiger charge is -2.21. The number of rotatable bonds is 5. The van der Waals surface area contributed by atoms with Crippen molar-refractivity contribution in [1.29, 1.82) is 0 Å². The Morgan fingerprint density at radius 1 is 1.21 bits per heavy atom. The first-order valence-corrected chi connectivity index (χ1v) is 8.55. The first-order valence-electron chi connectivity index (χ1n) is 8.55. The molecule has 0 saturated carbocycles. The van der Waals surface area contributed by atoms with Crippen molar-refractivity contribution in [2.75, 3.05) is 14.1 Å². The molecule has 3 rings (SSSR count). The molecule has 0 amide bonds. The molecule has 3 aromatic rings. The molecule has 2 aromatic carbocycles. The fraction of sp³-hybridized carbons (Fsp3) is 0.200. The fourth-order valence-electron chi connectivity index (χ4n) is 2.74. The average Bonchev–Trinajstić information content (AvgIpc) is 3.14. The zero-order valence-electron chi connectivity index (χ0n) is 15.7. The quantitative estimate of drug-likeness (QED) is 0.323. The number of hydrogen-bond acceptors (Lipinski definition) is 3. The molecule has 6 nitrogen and oxygen atoms in total. The van der Waals surface area contributed by atoms with Gasteiger partial charge in [-0.1, -0.05) is 24.3 Å². The summed E-state index contributed by atoms with van der Waals surface area (Å²) in [6, 6.07) is 14.2. The number of phenols is 1. The first-order chi connectivity index (χ1) is 13.1. The van der Waals surface area contributed by atoms with Gasteiger partial charge in [0.25, 0.3) is 0 Å². The van der Waals surface area contributed by atoms with Crippen LogP contribution in [0.1, 0.15) is 11.1 Å². The van der Waals surface area contributed by atoms with Crippen LogP contribution in [-0.2, 0) is 13.1 Å². The third-order valence-corrected chi connectivity index (χ3v) is 4.11. The van der Waals surface area contributed by atoms with Gasteiger partial charge in [-0.2, -0.15) is 5.10 Å². The zero-order chi connectivity index (χ0) is 19.2. The van der Waals surface area contributed by atoms with E-state index in [1.165, 1.54) is 12.1 Å². The minimum absolute atomic E-state index is 0. The number of aliphatic imine (C=N–C) groups is 1. The van der Waals surface area contributed by atoms with Gasteiger partial charge in [0, 0.05) is 38.9 Å². The Morgan fingerprint density at radius 3 is 2.64 bits per heavy atom. The van der Waals surface area contributed by atoms with Crippen molar-refractivity contribution in [3.8, 4) is 11.4 Å². The van der Waals surface area contributed by atoms with Gasteiger partial charge < -0.3 is 15.3 Å². The maximum absolute atomic E-state index is 13.4. The number of para-hydroxylation sites is 1. The summed E-state index contributed by atoms with van der Waals surface area (Å²) < 4.78 is 15.3. The predicted octanol–water partition coefficient (Wildman–Crippen LogP) is 3.54. The van der Waals surface area contributed by atoms with Gasteiger partial charge in [0.05, 0.1) is 11.9 Å². The topological polar surface area (TPSA) is 65.7 Å². The summed E-state index contributed by atoms with van der Waals surface area (Å²) in [6.45, 7) is 1.02. The summed E-state index contributed by atoms with van der Waals surface area (Å²) in [7, 11) is 3.62. The lowest BCUT2D eigenvalue weighted by atomic mass is 10.2. The van der Waals surface area contributed by atoms with Gasteiger partial charge in [-0.25, -0.2) is 9.07 Å². The molecule has 0 aliphatic carbocycles. The smallest absolute Gasteiger partial charge is 0.193 e. The third kappa shape index (κ3) is 5.44. The van der Waals surface area contributed by atoms with Crippen LogP contribution in [0.5, 0.6) is 5.75 Å². The first kappa shape index (κ1) is 21.7. The van der Waals surface area contributed by atoms with Gasteiger partial charge in [-0.15, -0.1) is 24.0 Å². The molecule has 0 radical (unpaired) electrons. The molecule has 0 saturated heterocycles. The molecule has 0 spiro atoms. The summed E-state index contributed by atoms with van der Waals surface area (Å²) in [6.07, 6.45) is 3.81. The van der Waals surface area contributed by atoms with Crippen molar-refractivity contribution in [3.05, 3.63) is 77.9 Å². The van der Waals surface area contributed by atoms with Gasteiger partial charge in [0.1, 0.15) is 0 Å². The van der Waals surface area contributed by atoms with E-state index in [1.807, 2.05) is 59.4 Å². The van der Waals surface area contributed by atoms with Crippen molar-refractivity contribution < 1.29 is 9.50 Å². The second-order valence-corrected chi connectivity index (χ2v) is 6.17. The Balaban J connectivity index is 0.00000280. The molecular weight excluding hydrogens is 472 g/mol. The van der Waals surface area contributed by atoms with Crippen molar-refractivity contribution in [3.63, 3.8) is 0 Å². The second kappa shape index (κ2) is 10.1. The fourth-order valence-corrected chi connectivity index (χ4v) is 2.74. The van der Waals surface area contributed by atoms with E-state index < -0.39 is 5.82 Å². The molecule has 148 valence electrons. The molecule has 2 N–H and O–H groups in total. The van der Waals surface area contributed by atoms with Crippen molar-refractivity contribution in [2.24, 2.45) is 4.99 Å². The molecule has 0 aliphatic heterocycles. The van der Waals surface area contributed by atoms with Gasteiger partial charge in [-0.3, -0.25) is 4.99 Å². The van der Waals surface area contributed by atoms with Crippen LogP contribution in [0.2, 0.25) is 0 Å². The highest BCUT2D eigenvalue weighted by Gasteiger charge is 2.09. The Kier molecular flexibility index (Phi) is 7.80. The Labute approximate surface area is 180 Å². The number of halogens is 2. The van der Waals surface area contributed by atoms with Gasteiger partial charge in [0.2, 0.25) is 0 Å². The van der Waals surface area contributed by atoms with Crippen molar-refractivity contribution in [2.45, 2.75) is 13.1 Å². The summed E-state index contributed by atoms with van der Waals surface area (Å²) >= 11 is 0. The summed E-state index contributed by atoms with van der Waals surface area (Å²) in [4.78, 5) is 6.23. The molecule has 28 heavy (non-hydrogen) atoms. The molecule has 1 heterocycles. The summed E-state index contributed by atoms with van der Waals surface area (Å²) in [5, 5.41) is 16.9. The lowest BCUT2D eigenvalue weighted by Crippen LogP contribution is -2.38. The lowest BCUT2D eigenvalue weighted by molar-refractivity contribution is 0.431. The number of aromatic nitrogens is 2. The minimum Gasteiger partial charge on any atom is -0.505 e. The normalized spacial score (nSPS) is 11.0. The van der Waals surface area contributed by atoms with Crippen LogP contribution in [0, 0.1) is 5.82 Å². The molecule has 0 aliphatic rings. The summed E-state index contributed by atoms with van der Waals surface area (Å²) in [5.41, 5.74) is 2.76. The minimum atomic E-state index is -0.633. The molecule has 0 bridgehead atoms. The van der Waals surface area contributed by atoms with E-state index in [1.54, 1.807) is 13.1 Å². The number of phenolic OH excluding ortho intramolecular Hbond substituents is 1. The average molecular weight is 495 g/mol. The highest BCUT2D eigenvalue weighted by atomic mass is 127. The Bertz CT molecular complexity index is 929. The van der Waals surface area contributed by atoms with Crippen molar-refractivity contribution in [1.82, 2.24) is 20.0 Å². The standard InChI is InChI=1S/C20H22FN5O.HI/c1-22-20(23-11-15-8-9-19(27)18(21)10-15)25(2)13-16-12-24-26(14-16)17-6-4-3-5-7-17;/h3-10,12,14,27H,11,13H2,1-2H3,(H,22,23);1H. The number of benzene rings is 2. The number of guanidine groups is 1. The van der Waals surface area contributed by atoms with E-state index >= 15 is 0 Å². The van der Waals surface area contributed by atoms with E-state index in [9.17, 15) is 9.50 Å². The van der Waals surface area contributed by atoms with Crippen LogP contribution in [0.4, 0.5) is 4.39 Å². The van der Waals surface area contributed by atoms with E-state index in [0.29, 0.717) is 19.0 Å². The second-order valence-electron chi connectivity index (χ2n) is 6.17. The number of aromatic hydroxyl groups is 1. The zero-order valence-corrected chi connectivity index (χ0v) is 18.0. The van der Waals surface area contributed by atoms with E-state index in [4.69, 9.17) is 0 Å². The van der Waals surface area contributed by atoms with Crippen LogP contribution in [0.25, 0.3) is 5.69 Å². The highest BCUT2D eigenvalue weighted by molar-refractivity contribution is 14.0. The summed E-state index contributed by atoms with van der Waals surface area (Å²) in [5.74, 6) is -0.308. The predicted molar refractivity (Wildman–Crippen MR) is 119 cm³/mol. The molecular formula is C20H23FIN5O. The number of hydrogen-bond donors (Lipinski definition) is 2.